The monoisotopic (exact) mass is 267 g/mol. The average Bonchev–Trinajstić information content (AvgIpc) is 2.46. The third-order valence-corrected chi connectivity index (χ3v) is 4.31. The highest BCUT2D eigenvalue weighted by Crippen LogP contribution is 2.24. The van der Waals surface area contributed by atoms with Gasteiger partial charge in [0.25, 0.3) is 0 Å². The summed E-state index contributed by atoms with van der Waals surface area (Å²) in [4.78, 5) is 22.0. The van der Waals surface area contributed by atoms with Crippen LogP contribution in [0.15, 0.2) is 12.4 Å². The minimum atomic E-state index is -0.442. The van der Waals surface area contributed by atoms with E-state index in [1.807, 2.05) is 11.8 Å². The van der Waals surface area contributed by atoms with Crippen LogP contribution in [0.25, 0.3) is 0 Å². The summed E-state index contributed by atoms with van der Waals surface area (Å²) in [5.74, 6) is 1.40. The highest BCUT2D eigenvalue weighted by Gasteiger charge is 2.21. The van der Waals surface area contributed by atoms with Crippen molar-refractivity contribution in [3.63, 3.8) is 0 Å². The highest BCUT2D eigenvalue weighted by molar-refractivity contribution is 8.00. The molecule has 2 heterocycles. The molecule has 18 heavy (non-hydrogen) atoms. The lowest BCUT2D eigenvalue weighted by molar-refractivity contribution is 0.0593. The van der Waals surface area contributed by atoms with Crippen molar-refractivity contribution in [1.29, 1.82) is 0 Å². The fraction of sp³-hybridized carbons (Fsp3) is 0.583. The molecule has 1 saturated heterocycles. The molecule has 0 bridgehead atoms. The van der Waals surface area contributed by atoms with Crippen molar-refractivity contribution in [1.82, 2.24) is 9.97 Å². The lowest BCUT2D eigenvalue weighted by Gasteiger charge is -2.32. The maximum Gasteiger partial charge on any atom is 0.358 e. The zero-order valence-corrected chi connectivity index (χ0v) is 11.4. The molecule has 1 unspecified atom stereocenters. The van der Waals surface area contributed by atoms with E-state index in [4.69, 9.17) is 0 Å². The molecule has 2 rings (SSSR count). The maximum absolute atomic E-state index is 11.4. The standard InChI is InChI=1S/C12H17N3O2S/c1-3-9-8-15(4-5-18-9)11-7-13-6-10(14-11)12(16)17-2/h6-7,9H,3-5,8H2,1-2H3. The molecule has 0 saturated carbocycles. The molecule has 0 radical (unpaired) electrons. The number of hydrogen-bond donors (Lipinski definition) is 0. The molecule has 1 fully saturated rings. The maximum atomic E-state index is 11.4. The van der Waals surface area contributed by atoms with Crippen LogP contribution in [-0.2, 0) is 4.74 Å². The summed E-state index contributed by atoms with van der Waals surface area (Å²) in [6.07, 6.45) is 4.28. The van der Waals surface area contributed by atoms with E-state index in [9.17, 15) is 4.79 Å². The number of carbonyl (C=O) groups excluding carboxylic acids is 1. The van der Waals surface area contributed by atoms with E-state index >= 15 is 0 Å². The number of thioether (sulfide) groups is 1. The van der Waals surface area contributed by atoms with E-state index in [2.05, 4.69) is 26.5 Å². The Hall–Kier alpha value is -1.30. The molecule has 1 aromatic rings. The van der Waals surface area contributed by atoms with Crippen LogP contribution < -0.4 is 4.90 Å². The van der Waals surface area contributed by atoms with E-state index in [0.29, 0.717) is 5.25 Å². The Morgan fingerprint density at radius 3 is 3.17 bits per heavy atom. The number of carbonyl (C=O) groups is 1. The van der Waals surface area contributed by atoms with Crippen molar-refractivity contribution < 1.29 is 9.53 Å². The van der Waals surface area contributed by atoms with Gasteiger partial charge in [0.1, 0.15) is 5.82 Å². The van der Waals surface area contributed by atoms with Gasteiger partial charge in [-0.3, -0.25) is 4.98 Å². The summed E-state index contributed by atoms with van der Waals surface area (Å²) >= 11 is 2.00. The number of hydrogen-bond acceptors (Lipinski definition) is 6. The topological polar surface area (TPSA) is 55.3 Å². The van der Waals surface area contributed by atoms with Crippen molar-refractivity contribution in [2.45, 2.75) is 18.6 Å². The molecule has 6 heteroatoms. The molecule has 5 nitrogen and oxygen atoms in total. The van der Waals surface area contributed by atoms with Gasteiger partial charge in [-0.25, -0.2) is 9.78 Å². The molecule has 1 atom stereocenters. The summed E-state index contributed by atoms with van der Waals surface area (Å²) < 4.78 is 4.66. The van der Waals surface area contributed by atoms with Gasteiger partial charge in [-0.2, -0.15) is 11.8 Å². The second-order valence-electron chi connectivity index (χ2n) is 4.10. The summed E-state index contributed by atoms with van der Waals surface area (Å²) in [5, 5.41) is 0.627. The van der Waals surface area contributed by atoms with Crippen molar-refractivity contribution >= 4 is 23.5 Å². The predicted molar refractivity (Wildman–Crippen MR) is 72.1 cm³/mol. The first-order valence-corrected chi connectivity index (χ1v) is 7.06. The van der Waals surface area contributed by atoms with Gasteiger partial charge in [0, 0.05) is 24.1 Å². The van der Waals surface area contributed by atoms with E-state index in [0.717, 1.165) is 31.1 Å². The second kappa shape index (κ2) is 6.04. The van der Waals surface area contributed by atoms with Crippen LogP contribution in [0, 0.1) is 0 Å². The van der Waals surface area contributed by atoms with E-state index in [1.165, 1.54) is 13.3 Å². The molecule has 0 aliphatic carbocycles. The predicted octanol–water partition coefficient (Wildman–Crippen LogP) is 1.59. The van der Waals surface area contributed by atoms with Crippen molar-refractivity contribution in [3.8, 4) is 0 Å². The van der Waals surface area contributed by atoms with Gasteiger partial charge in [-0.15, -0.1) is 0 Å². The fourth-order valence-corrected chi connectivity index (χ4v) is 3.07. The lowest BCUT2D eigenvalue weighted by atomic mass is 10.3. The van der Waals surface area contributed by atoms with Gasteiger partial charge in [0.05, 0.1) is 19.5 Å². The molecular weight excluding hydrogens is 250 g/mol. The molecule has 1 aliphatic rings. The number of nitrogens with zero attached hydrogens (tertiary/aromatic N) is 3. The van der Waals surface area contributed by atoms with Crippen molar-refractivity contribution in [2.24, 2.45) is 0 Å². The quantitative estimate of drug-likeness (QED) is 0.775. The average molecular weight is 267 g/mol. The van der Waals surface area contributed by atoms with Gasteiger partial charge in [-0.05, 0) is 6.42 Å². The minimum absolute atomic E-state index is 0.265. The number of esters is 1. The van der Waals surface area contributed by atoms with Crippen LogP contribution in [0.1, 0.15) is 23.8 Å². The zero-order valence-electron chi connectivity index (χ0n) is 10.6. The van der Waals surface area contributed by atoms with Crippen LogP contribution in [-0.4, -0.2) is 47.1 Å². The smallest absolute Gasteiger partial charge is 0.358 e. The summed E-state index contributed by atoms with van der Waals surface area (Å²) in [6, 6.07) is 0. The van der Waals surface area contributed by atoms with Gasteiger partial charge >= 0.3 is 5.97 Å². The van der Waals surface area contributed by atoms with Gasteiger partial charge in [0.15, 0.2) is 5.69 Å². The molecule has 0 spiro atoms. The third kappa shape index (κ3) is 2.93. The highest BCUT2D eigenvalue weighted by atomic mass is 32.2. The number of methoxy groups -OCH3 is 1. The van der Waals surface area contributed by atoms with Crippen LogP contribution in [0.4, 0.5) is 5.82 Å². The third-order valence-electron chi connectivity index (χ3n) is 2.93. The zero-order chi connectivity index (χ0) is 13.0. The first-order valence-electron chi connectivity index (χ1n) is 6.01. The van der Waals surface area contributed by atoms with E-state index in [-0.39, 0.29) is 5.69 Å². The summed E-state index contributed by atoms with van der Waals surface area (Å²) in [7, 11) is 1.35. The Morgan fingerprint density at radius 1 is 1.61 bits per heavy atom. The summed E-state index contributed by atoms with van der Waals surface area (Å²) in [6.45, 7) is 4.10. The van der Waals surface area contributed by atoms with Crippen LogP contribution in [0.5, 0.6) is 0 Å². The summed E-state index contributed by atoms with van der Waals surface area (Å²) in [5.41, 5.74) is 0.265. The largest absolute Gasteiger partial charge is 0.464 e. The van der Waals surface area contributed by atoms with Crippen LogP contribution in [0.3, 0.4) is 0 Å². The van der Waals surface area contributed by atoms with Gasteiger partial charge < -0.3 is 9.64 Å². The number of rotatable bonds is 3. The van der Waals surface area contributed by atoms with Crippen LogP contribution >= 0.6 is 11.8 Å². The molecule has 98 valence electrons. The van der Waals surface area contributed by atoms with E-state index in [1.54, 1.807) is 6.20 Å². The fourth-order valence-electron chi connectivity index (χ4n) is 1.89. The van der Waals surface area contributed by atoms with Crippen molar-refractivity contribution in [2.75, 3.05) is 30.9 Å². The normalized spacial score (nSPS) is 19.7. The Balaban J connectivity index is 2.15. The van der Waals surface area contributed by atoms with Gasteiger partial charge in [-0.1, -0.05) is 6.92 Å². The lowest BCUT2D eigenvalue weighted by Crippen LogP contribution is -2.38. The first kappa shape index (κ1) is 13.1. The van der Waals surface area contributed by atoms with Gasteiger partial charge in [0.2, 0.25) is 0 Å². The minimum Gasteiger partial charge on any atom is -0.464 e. The first-order chi connectivity index (χ1) is 8.74. The second-order valence-corrected chi connectivity index (χ2v) is 5.51. The SMILES string of the molecule is CCC1CN(c2cncc(C(=O)OC)n2)CCS1. The molecule has 0 N–H and O–H groups in total. The number of aromatic nitrogens is 2. The number of ether oxygens (including phenoxy) is 1. The van der Waals surface area contributed by atoms with Crippen LogP contribution in [0.2, 0.25) is 0 Å². The molecule has 0 aromatic carbocycles. The van der Waals surface area contributed by atoms with E-state index < -0.39 is 5.97 Å². The number of anilines is 1. The molecular formula is C12H17N3O2S. The molecule has 1 aromatic heterocycles. The Labute approximate surface area is 111 Å². The Kier molecular flexibility index (Phi) is 4.41. The Morgan fingerprint density at radius 2 is 2.44 bits per heavy atom. The molecule has 1 aliphatic heterocycles. The molecule has 0 amide bonds. The Bertz CT molecular complexity index is 428. The van der Waals surface area contributed by atoms with Crippen molar-refractivity contribution in [3.05, 3.63) is 18.1 Å².